The summed E-state index contributed by atoms with van der Waals surface area (Å²) in [5, 5.41) is 8.72. The minimum atomic E-state index is -0.899. The van der Waals surface area contributed by atoms with E-state index in [1.165, 1.54) is 5.56 Å². The number of hydrogen-bond donors (Lipinski definition) is 1. The van der Waals surface area contributed by atoms with Crippen molar-refractivity contribution >= 4 is 5.97 Å². The summed E-state index contributed by atoms with van der Waals surface area (Å²) in [7, 11) is 0. The highest BCUT2D eigenvalue weighted by atomic mass is 16.4. The molecule has 0 fully saturated rings. The molecule has 1 aromatic heterocycles. The van der Waals surface area contributed by atoms with Crippen molar-refractivity contribution in [2.24, 2.45) is 0 Å². The van der Waals surface area contributed by atoms with Crippen molar-refractivity contribution in [2.75, 3.05) is 0 Å². The van der Waals surface area contributed by atoms with E-state index >= 15 is 0 Å². The van der Waals surface area contributed by atoms with E-state index < -0.39 is 5.97 Å². The summed E-state index contributed by atoms with van der Waals surface area (Å²) in [5.41, 5.74) is 1.88. The number of benzene rings is 1. The summed E-state index contributed by atoms with van der Waals surface area (Å²) < 4.78 is 5.46. The largest absolute Gasteiger partial charge is 0.481 e. The Labute approximate surface area is 105 Å². The third-order valence-corrected chi connectivity index (χ3v) is 2.72. The Bertz CT molecular complexity index is 531. The maximum Gasteiger partial charge on any atom is 0.311 e. The molecule has 4 nitrogen and oxygen atoms in total. The van der Waals surface area contributed by atoms with Crippen LogP contribution >= 0.6 is 0 Å². The molecule has 0 saturated heterocycles. The Balaban J connectivity index is 2.00. The fourth-order valence-electron chi connectivity index (χ4n) is 1.79. The van der Waals surface area contributed by atoms with Crippen molar-refractivity contribution in [3.8, 4) is 0 Å². The van der Waals surface area contributed by atoms with Crippen molar-refractivity contribution in [3.05, 3.63) is 53.2 Å². The summed E-state index contributed by atoms with van der Waals surface area (Å²) in [6, 6.07) is 10.1. The lowest BCUT2D eigenvalue weighted by Gasteiger charge is -1.97. The molecule has 0 bridgehead atoms. The summed E-state index contributed by atoms with van der Waals surface area (Å²) in [5.74, 6) is 0.155. The first-order chi connectivity index (χ1) is 8.65. The maximum atomic E-state index is 10.6. The summed E-state index contributed by atoms with van der Waals surface area (Å²) in [6.07, 6.45) is 1.42. The molecule has 94 valence electrons. The van der Waals surface area contributed by atoms with E-state index in [4.69, 9.17) is 9.52 Å². The molecule has 1 N–H and O–H groups in total. The lowest BCUT2D eigenvalue weighted by Crippen LogP contribution is -1.99. The predicted octanol–water partition coefficient (Wildman–Crippen LogP) is 2.40. The fraction of sp³-hybridized carbons (Fsp3) is 0.286. The number of aliphatic carboxylic acids is 1. The Hall–Kier alpha value is -2.10. The van der Waals surface area contributed by atoms with Crippen LogP contribution in [0.25, 0.3) is 0 Å². The van der Waals surface area contributed by atoms with E-state index in [2.05, 4.69) is 4.98 Å². The van der Waals surface area contributed by atoms with Gasteiger partial charge in [0.05, 0.1) is 5.69 Å². The molecule has 0 atom stereocenters. The average Bonchev–Trinajstić information content (AvgIpc) is 2.68. The molecule has 2 rings (SSSR count). The highest BCUT2D eigenvalue weighted by Crippen LogP contribution is 2.13. The molecule has 0 unspecified atom stereocenters. The van der Waals surface area contributed by atoms with Crippen LogP contribution < -0.4 is 0 Å². The SMILES string of the molecule is Cc1nc(CCc2ccccc2)oc1CC(=O)O. The molecule has 0 amide bonds. The number of hydrogen-bond acceptors (Lipinski definition) is 3. The number of carbonyl (C=O) groups is 1. The maximum absolute atomic E-state index is 10.6. The van der Waals surface area contributed by atoms with Gasteiger partial charge in [-0.2, -0.15) is 0 Å². The lowest BCUT2D eigenvalue weighted by atomic mass is 10.1. The Morgan fingerprint density at radius 1 is 1.28 bits per heavy atom. The van der Waals surface area contributed by atoms with E-state index in [9.17, 15) is 4.79 Å². The second kappa shape index (κ2) is 5.49. The van der Waals surface area contributed by atoms with Gasteiger partial charge in [-0.1, -0.05) is 30.3 Å². The number of aromatic nitrogens is 1. The molecule has 18 heavy (non-hydrogen) atoms. The molecular weight excluding hydrogens is 230 g/mol. The normalized spacial score (nSPS) is 10.5. The number of carboxylic acid groups (broad SMARTS) is 1. The van der Waals surface area contributed by atoms with Gasteiger partial charge in [-0.25, -0.2) is 4.98 Å². The van der Waals surface area contributed by atoms with Gasteiger partial charge >= 0.3 is 5.97 Å². The van der Waals surface area contributed by atoms with Gasteiger partial charge in [0.15, 0.2) is 5.89 Å². The van der Waals surface area contributed by atoms with E-state index in [0.717, 1.165) is 6.42 Å². The molecule has 0 saturated carbocycles. The predicted molar refractivity (Wildman–Crippen MR) is 66.4 cm³/mol. The Morgan fingerprint density at radius 2 is 2.00 bits per heavy atom. The molecule has 1 heterocycles. The number of carboxylic acids is 1. The minimum absolute atomic E-state index is 0.107. The van der Waals surface area contributed by atoms with Crippen LogP contribution in [0.4, 0.5) is 0 Å². The zero-order chi connectivity index (χ0) is 13.0. The molecule has 0 spiro atoms. The standard InChI is InChI=1S/C14H15NO3/c1-10-12(9-14(16)17)18-13(15-10)8-7-11-5-3-2-4-6-11/h2-6H,7-9H2,1H3,(H,16,17). The Morgan fingerprint density at radius 3 is 2.67 bits per heavy atom. The average molecular weight is 245 g/mol. The first kappa shape index (κ1) is 12.4. The molecule has 2 aromatic rings. The van der Waals surface area contributed by atoms with Gasteiger partial charge in [0.2, 0.25) is 0 Å². The smallest absolute Gasteiger partial charge is 0.311 e. The van der Waals surface area contributed by atoms with Gasteiger partial charge in [-0.15, -0.1) is 0 Å². The van der Waals surface area contributed by atoms with Crippen molar-refractivity contribution in [2.45, 2.75) is 26.2 Å². The topological polar surface area (TPSA) is 63.3 Å². The van der Waals surface area contributed by atoms with Crippen LogP contribution in [0.3, 0.4) is 0 Å². The molecule has 0 aliphatic rings. The van der Waals surface area contributed by atoms with Crippen LogP contribution in [0.5, 0.6) is 0 Å². The molecular formula is C14H15NO3. The van der Waals surface area contributed by atoms with Gasteiger partial charge in [0.25, 0.3) is 0 Å². The number of aryl methyl sites for hydroxylation is 3. The van der Waals surface area contributed by atoms with Crippen molar-refractivity contribution < 1.29 is 14.3 Å². The second-order valence-electron chi connectivity index (χ2n) is 4.17. The third kappa shape index (κ3) is 3.20. The molecule has 0 aliphatic heterocycles. The van der Waals surface area contributed by atoms with Crippen molar-refractivity contribution in [3.63, 3.8) is 0 Å². The van der Waals surface area contributed by atoms with Gasteiger partial charge in [0, 0.05) is 6.42 Å². The van der Waals surface area contributed by atoms with Crippen molar-refractivity contribution in [1.29, 1.82) is 0 Å². The van der Waals surface area contributed by atoms with E-state index in [0.29, 0.717) is 23.8 Å². The van der Waals surface area contributed by atoms with E-state index in [1.54, 1.807) is 6.92 Å². The highest BCUT2D eigenvalue weighted by Gasteiger charge is 2.12. The van der Waals surface area contributed by atoms with E-state index in [1.807, 2.05) is 30.3 Å². The van der Waals surface area contributed by atoms with Crippen LogP contribution in [0.15, 0.2) is 34.7 Å². The lowest BCUT2D eigenvalue weighted by molar-refractivity contribution is -0.136. The van der Waals surface area contributed by atoms with Gasteiger partial charge < -0.3 is 9.52 Å². The molecule has 0 aliphatic carbocycles. The summed E-state index contributed by atoms with van der Waals surface area (Å²) in [4.78, 5) is 14.9. The summed E-state index contributed by atoms with van der Waals surface area (Å²) in [6.45, 7) is 1.77. The second-order valence-corrected chi connectivity index (χ2v) is 4.17. The monoisotopic (exact) mass is 245 g/mol. The van der Waals surface area contributed by atoms with Crippen LogP contribution in [0.1, 0.15) is 22.9 Å². The first-order valence-corrected chi connectivity index (χ1v) is 5.86. The fourth-order valence-corrected chi connectivity index (χ4v) is 1.79. The van der Waals surface area contributed by atoms with E-state index in [-0.39, 0.29) is 6.42 Å². The van der Waals surface area contributed by atoms with Crippen molar-refractivity contribution in [1.82, 2.24) is 4.98 Å². The van der Waals surface area contributed by atoms with Gasteiger partial charge in [0.1, 0.15) is 12.2 Å². The number of nitrogens with zero attached hydrogens (tertiary/aromatic N) is 1. The zero-order valence-electron chi connectivity index (χ0n) is 10.2. The minimum Gasteiger partial charge on any atom is -0.481 e. The quantitative estimate of drug-likeness (QED) is 0.878. The van der Waals surface area contributed by atoms with Crippen LogP contribution in [0, 0.1) is 6.92 Å². The number of rotatable bonds is 5. The molecule has 1 aromatic carbocycles. The zero-order valence-corrected chi connectivity index (χ0v) is 10.2. The third-order valence-electron chi connectivity index (χ3n) is 2.72. The van der Waals surface area contributed by atoms with Crippen LogP contribution in [-0.4, -0.2) is 16.1 Å². The highest BCUT2D eigenvalue weighted by molar-refractivity contribution is 5.69. The molecule has 0 radical (unpaired) electrons. The summed E-state index contributed by atoms with van der Waals surface area (Å²) >= 11 is 0. The van der Waals surface area contributed by atoms with Gasteiger partial charge in [-0.3, -0.25) is 4.79 Å². The van der Waals surface area contributed by atoms with Crippen LogP contribution in [-0.2, 0) is 24.1 Å². The van der Waals surface area contributed by atoms with Gasteiger partial charge in [-0.05, 0) is 18.9 Å². The Kier molecular flexibility index (Phi) is 3.77. The van der Waals surface area contributed by atoms with Crippen LogP contribution in [0.2, 0.25) is 0 Å². The number of oxazole rings is 1. The first-order valence-electron chi connectivity index (χ1n) is 5.86. The molecule has 4 heteroatoms.